The SMILES string of the molecule is CNC[C@@H](O)c1cc(OC)c(O)c(OC)c1.Cl. The molecule has 0 fully saturated rings. The van der Waals surface area contributed by atoms with Gasteiger partial charge in [0.2, 0.25) is 5.75 Å². The number of hydrogen-bond donors (Lipinski definition) is 3. The third kappa shape index (κ3) is 3.66. The molecule has 0 unspecified atom stereocenters. The quantitative estimate of drug-likeness (QED) is 0.742. The van der Waals surface area contributed by atoms with Crippen molar-refractivity contribution in [1.29, 1.82) is 0 Å². The summed E-state index contributed by atoms with van der Waals surface area (Å²) in [5.41, 5.74) is 0.626. The van der Waals surface area contributed by atoms with E-state index in [0.29, 0.717) is 12.1 Å². The molecule has 1 aromatic rings. The van der Waals surface area contributed by atoms with Gasteiger partial charge in [-0.1, -0.05) is 0 Å². The maximum Gasteiger partial charge on any atom is 0.200 e. The van der Waals surface area contributed by atoms with E-state index in [4.69, 9.17) is 9.47 Å². The largest absolute Gasteiger partial charge is 0.502 e. The summed E-state index contributed by atoms with van der Waals surface area (Å²) < 4.78 is 9.99. The van der Waals surface area contributed by atoms with Crippen LogP contribution in [0.3, 0.4) is 0 Å². The van der Waals surface area contributed by atoms with E-state index < -0.39 is 6.10 Å². The monoisotopic (exact) mass is 263 g/mol. The van der Waals surface area contributed by atoms with Crippen molar-refractivity contribution < 1.29 is 19.7 Å². The molecule has 3 N–H and O–H groups in total. The summed E-state index contributed by atoms with van der Waals surface area (Å²) in [7, 11) is 4.64. The molecule has 0 aliphatic rings. The Hall–Kier alpha value is -1.17. The van der Waals surface area contributed by atoms with Crippen LogP contribution in [0.1, 0.15) is 11.7 Å². The Morgan fingerprint density at radius 3 is 2.06 bits per heavy atom. The Labute approximate surface area is 107 Å². The molecular weight excluding hydrogens is 246 g/mol. The molecule has 0 saturated heterocycles. The molecule has 0 amide bonds. The highest BCUT2D eigenvalue weighted by Gasteiger charge is 2.15. The predicted octanol–water partition coefficient (Wildman–Crippen LogP) is 1.08. The number of likely N-dealkylation sites (N-methyl/N-ethyl adjacent to an activating group) is 1. The maximum atomic E-state index is 9.80. The van der Waals surface area contributed by atoms with E-state index in [1.54, 1.807) is 19.2 Å². The van der Waals surface area contributed by atoms with Crippen LogP contribution in [-0.2, 0) is 0 Å². The van der Waals surface area contributed by atoms with Crippen LogP contribution in [0.2, 0.25) is 0 Å². The summed E-state index contributed by atoms with van der Waals surface area (Å²) in [5, 5.41) is 22.3. The van der Waals surface area contributed by atoms with E-state index in [-0.39, 0.29) is 29.7 Å². The fourth-order valence-electron chi connectivity index (χ4n) is 1.42. The molecule has 1 aromatic carbocycles. The summed E-state index contributed by atoms with van der Waals surface area (Å²) in [6.07, 6.45) is -0.673. The lowest BCUT2D eigenvalue weighted by Gasteiger charge is -2.15. The highest BCUT2D eigenvalue weighted by Crippen LogP contribution is 2.38. The number of phenols is 1. The lowest BCUT2D eigenvalue weighted by Crippen LogP contribution is -2.16. The first-order valence-electron chi connectivity index (χ1n) is 4.91. The van der Waals surface area contributed by atoms with E-state index >= 15 is 0 Å². The van der Waals surface area contributed by atoms with E-state index in [9.17, 15) is 10.2 Å². The van der Waals surface area contributed by atoms with Crippen molar-refractivity contribution >= 4 is 12.4 Å². The molecule has 98 valence electrons. The van der Waals surface area contributed by atoms with Gasteiger partial charge in [-0.15, -0.1) is 12.4 Å². The van der Waals surface area contributed by atoms with Crippen molar-refractivity contribution in [2.75, 3.05) is 27.8 Å². The summed E-state index contributed by atoms with van der Waals surface area (Å²) in [6.45, 7) is 0.414. The van der Waals surface area contributed by atoms with Gasteiger partial charge in [0.25, 0.3) is 0 Å². The number of rotatable bonds is 5. The van der Waals surface area contributed by atoms with E-state index in [2.05, 4.69) is 5.32 Å². The van der Waals surface area contributed by atoms with Crippen molar-refractivity contribution in [3.8, 4) is 17.2 Å². The highest BCUT2D eigenvalue weighted by atomic mass is 35.5. The lowest BCUT2D eigenvalue weighted by molar-refractivity contribution is 0.176. The molecule has 17 heavy (non-hydrogen) atoms. The van der Waals surface area contributed by atoms with Crippen LogP contribution in [0, 0.1) is 0 Å². The topological polar surface area (TPSA) is 71.0 Å². The van der Waals surface area contributed by atoms with Gasteiger partial charge >= 0.3 is 0 Å². The fraction of sp³-hybridized carbons (Fsp3) is 0.455. The molecule has 1 rings (SSSR count). The van der Waals surface area contributed by atoms with Gasteiger partial charge in [0.1, 0.15) is 0 Å². The van der Waals surface area contributed by atoms with Gasteiger partial charge in [-0.25, -0.2) is 0 Å². The lowest BCUT2D eigenvalue weighted by atomic mass is 10.1. The molecule has 0 aliphatic carbocycles. The average molecular weight is 264 g/mol. The number of nitrogens with one attached hydrogen (secondary N) is 1. The van der Waals surface area contributed by atoms with Crippen molar-refractivity contribution in [2.24, 2.45) is 0 Å². The summed E-state index contributed by atoms with van der Waals surface area (Å²) >= 11 is 0. The van der Waals surface area contributed by atoms with E-state index in [0.717, 1.165) is 0 Å². The Balaban J connectivity index is 0.00000256. The van der Waals surface area contributed by atoms with Gasteiger partial charge in [0.05, 0.1) is 20.3 Å². The fourth-order valence-corrected chi connectivity index (χ4v) is 1.42. The Morgan fingerprint density at radius 2 is 1.71 bits per heavy atom. The molecule has 5 nitrogen and oxygen atoms in total. The van der Waals surface area contributed by atoms with Gasteiger partial charge < -0.3 is 25.0 Å². The second-order valence-corrected chi connectivity index (χ2v) is 3.35. The van der Waals surface area contributed by atoms with Crippen LogP contribution in [0.4, 0.5) is 0 Å². The Morgan fingerprint density at radius 1 is 1.24 bits per heavy atom. The second-order valence-electron chi connectivity index (χ2n) is 3.35. The van der Waals surface area contributed by atoms with Crippen LogP contribution >= 0.6 is 12.4 Å². The number of aromatic hydroxyl groups is 1. The Bertz CT molecular complexity index is 334. The van der Waals surface area contributed by atoms with Crippen molar-refractivity contribution in [3.05, 3.63) is 17.7 Å². The highest BCUT2D eigenvalue weighted by molar-refractivity contribution is 5.85. The molecular formula is C11H18ClNO4. The number of benzene rings is 1. The molecule has 0 bridgehead atoms. The van der Waals surface area contributed by atoms with Gasteiger partial charge in [-0.05, 0) is 24.7 Å². The normalized spacial score (nSPS) is 11.5. The number of methoxy groups -OCH3 is 2. The number of aliphatic hydroxyl groups excluding tert-OH is 1. The number of phenolic OH excluding ortho intramolecular Hbond substituents is 1. The van der Waals surface area contributed by atoms with Gasteiger partial charge in [0, 0.05) is 6.54 Å². The minimum atomic E-state index is -0.673. The third-order valence-electron chi connectivity index (χ3n) is 2.28. The first-order chi connectivity index (χ1) is 7.63. The zero-order valence-corrected chi connectivity index (χ0v) is 10.9. The van der Waals surface area contributed by atoms with Crippen LogP contribution in [0.5, 0.6) is 17.2 Å². The summed E-state index contributed by atoms with van der Waals surface area (Å²) in [4.78, 5) is 0. The standard InChI is InChI=1S/C11H17NO4.ClH/c1-12-6-8(13)7-4-9(15-2)11(14)10(5-7)16-3;/h4-5,8,12-14H,6H2,1-3H3;1H/t8-;/m1./s1. The van der Waals surface area contributed by atoms with Crippen LogP contribution in [0.15, 0.2) is 12.1 Å². The minimum Gasteiger partial charge on any atom is -0.502 e. The molecule has 6 heteroatoms. The molecule has 0 saturated carbocycles. The number of halogens is 1. The Kier molecular flexibility index (Phi) is 6.72. The third-order valence-corrected chi connectivity index (χ3v) is 2.28. The van der Waals surface area contributed by atoms with Crippen LogP contribution in [0.25, 0.3) is 0 Å². The van der Waals surface area contributed by atoms with Crippen molar-refractivity contribution in [1.82, 2.24) is 5.32 Å². The van der Waals surface area contributed by atoms with Gasteiger partial charge in [-0.3, -0.25) is 0 Å². The number of aliphatic hydroxyl groups is 1. The zero-order chi connectivity index (χ0) is 12.1. The number of ether oxygens (including phenoxy) is 2. The first kappa shape index (κ1) is 15.8. The number of hydrogen-bond acceptors (Lipinski definition) is 5. The summed E-state index contributed by atoms with van der Waals surface area (Å²) in [5.74, 6) is 0.499. The van der Waals surface area contributed by atoms with Crippen LogP contribution < -0.4 is 14.8 Å². The first-order valence-corrected chi connectivity index (χ1v) is 4.91. The molecule has 1 atom stereocenters. The molecule has 0 heterocycles. The van der Waals surface area contributed by atoms with E-state index in [1.807, 2.05) is 0 Å². The molecule has 0 aromatic heterocycles. The van der Waals surface area contributed by atoms with Gasteiger partial charge in [-0.2, -0.15) is 0 Å². The molecule has 0 aliphatic heterocycles. The summed E-state index contributed by atoms with van der Waals surface area (Å²) in [6, 6.07) is 3.17. The van der Waals surface area contributed by atoms with E-state index in [1.165, 1.54) is 14.2 Å². The van der Waals surface area contributed by atoms with Crippen molar-refractivity contribution in [3.63, 3.8) is 0 Å². The average Bonchev–Trinajstić information content (AvgIpc) is 2.29. The maximum absolute atomic E-state index is 9.80. The van der Waals surface area contributed by atoms with Crippen LogP contribution in [-0.4, -0.2) is 38.0 Å². The predicted molar refractivity (Wildman–Crippen MR) is 67.3 cm³/mol. The minimum absolute atomic E-state index is 0. The molecule has 0 radical (unpaired) electrons. The van der Waals surface area contributed by atoms with Gasteiger partial charge in [0.15, 0.2) is 11.5 Å². The van der Waals surface area contributed by atoms with Crippen molar-refractivity contribution in [2.45, 2.75) is 6.10 Å². The molecule has 0 spiro atoms. The second kappa shape index (κ2) is 7.21. The smallest absolute Gasteiger partial charge is 0.200 e. The zero-order valence-electron chi connectivity index (χ0n) is 10.1.